The van der Waals surface area contributed by atoms with E-state index in [1.807, 2.05) is 90.4 Å². The molecule has 2 saturated heterocycles. The van der Waals surface area contributed by atoms with E-state index >= 15 is 0 Å². The fraction of sp³-hybridized carbons (Fsp3) is 0.318. The highest BCUT2D eigenvalue weighted by Crippen LogP contribution is 2.30. The minimum Gasteiger partial charge on any atom is -0.489 e. The molecule has 3 amide bonds. The number of fused-ring (bicyclic) bond motifs is 1. The van der Waals surface area contributed by atoms with Gasteiger partial charge in [0.1, 0.15) is 35.4 Å². The normalized spacial score (nSPS) is 15.9. The molecule has 3 aromatic carbocycles. The van der Waals surface area contributed by atoms with Crippen LogP contribution in [0.25, 0.3) is 16.9 Å². The molecule has 0 spiro atoms. The lowest BCUT2D eigenvalue weighted by Crippen LogP contribution is -2.47. The van der Waals surface area contributed by atoms with Crippen LogP contribution in [0.5, 0.6) is 5.75 Å². The largest absolute Gasteiger partial charge is 0.489 e. The van der Waals surface area contributed by atoms with E-state index in [4.69, 9.17) is 4.74 Å². The highest BCUT2D eigenvalue weighted by Gasteiger charge is 2.39. The first-order valence-electron chi connectivity index (χ1n) is 19.6. The maximum atomic E-state index is 13.7. The molecular weight excluding hydrogens is 735 g/mol. The molecule has 58 heavy (non-hydrogen) atoms. The monoisotopic (exact) mass is 779 g/mol. The number of carbonyl (C=O) groups excluding carboxylic acids is 4. The van der Waals surface area contributed by atoms with E-state index in [1.165, 1.54) is 6.20 Å². The van der Waals surface area contributed by atoms with Crippen LogP contribution in [0.3, 0.4) is 0 Å². The van der Waals surface area contributed by atoms with Gasteiger partial charge in [0.15, 0.2) is 5.65 Å². The highest BCUT2D eigenvalue weighted by molar-refractivity contribution is 6.08. The summed E-state index contributed by atoms with van der Waals surface area (Å²) in [6.07, 6.45) is 6.59. The molecule has 2 aliphatic rings. The van der Waals surface area contributed by atoms with Crippen LogP contribution in [0.1, 0.15) is 81.9 Å². The number of amides is 3. The molecule has 0 aliphatic carbocycles. The number of carbonyl (C=O) groups is 4. The van der Waals surface area contributed by atoms with Gasteiger partial charge in [-0.3, -0.25) is 14.4 Å². The van der Waals surface area contributed by atoms with Crippen molar-refractivity contribution >= 4 is 34.8 Å². The summed E-state index contributed by atoms with van der Waals surface area (Å²) in [5.74, 6) is 0.588. The lowest BCUT2D eigenvalue weighted by atomic mass is 10.0. The quantitative estimate of drug-likeness (QED) is 0.157. The molecule has 5 heterocycles. The van der Waals surface area contributed by atoms with Crippen LogP contribution in [0.2, 0.25) is 0 Å². The fourth-order valence-electron chi connectivity index (χ4n) is 7.81. The lowest BCUT2D eigenvalue weighted by Gasteiger charge is -2.37. The summed E-state index contributed by atoms with van der Waals surface area (Å²) < 4.78 is 9.28. The summed E-state index contributed by atoms with van der Waals surface area (Å²) in [7, 11) is 0. The summed E-state index contributed by atoms with van der Waals surface area (Å²) in [5, 5.41) is 15.9. The number of ketones is 1. The molecule has 14 nitrogen and oxygen atoms in total. The van der Waals surface area contributed by atoms with Gasteiger partial charge in [0.25, 0.3) is 11.8 Å². The molecular formula is C44H45N9O5. The van der Waals surface area contributed by atoms with Gasteiger partial charge in [0, 0.05) is 60.3 Å². The first kappa shape index (κ1) is 38.2. The molecule has 1 atom stereocenters. The van der Waals surface area contributed by atoms with Crippen molar-refractivity contribution < 1.29 is 23.9 Å². The third-order valence-corrected chi connectivity index (χ3v) is 11.0. The average molecular weight is 780 g/mol. The Morgan fingerprint density at radius 1 is 0.897 bits per heavy atom. The van der Waals surface area contributed by atoms with E-state index in [9.17, 15) is 19.2 Å². The van der Waals surface area contributed by atoms with Crippen molar-refractivity contribution in [1.29, 1.82) is 0 Å². The Bertz CT molecular complexity index is 2480. The smallest absolute Gasteiger partial charge is 0.261 e. The van der Waals surface area contributed by atoms with Crippen molar-refractivity contribution in [3.8, 4) is 17.0 Å². The lowest BCUT2D eigenvalue weighted by molar-refractivity contribution is -0.133. The van der Waals surface area contributed by atoms with Crippen molar-refractivity contribution in [3.63, 3.8) is 0 Å². The van der Waals surface area contributed by atoms with Crippen LogP contribution >= 0.6 is 0 Å². The van der Waals surface area contributed by atoms with E-state index in [0.717, 1.165) is 33.8 Å². The number of hydrogen-bond acceptors (Lipinski definition) is 9. The average Bonchev–Trinajstić information content (AvgIpc) is 3.99. The van der Waals surface area contributed by atoms with E-state index in [2.05, 4.69) is 25.7 Å². The summed E-state index contributed by atoms with van der Waals surface area (Å²) in [6.45, 7) is 7.48. The number of aryl methyl sites for hydroxylation is 3. The molecule has 14 heteroatoms. The van der Waals surface area contributed by atoms with Crippen LogP contribution in [-0.4, -0.2) is 88.6 Å². The Kier molecular flexibility index (Phi) is 10.8. The van der Waals surface area contributed by atoms with Crippen molar-refractivity contribution in [2.75, 3.05) is 25.0 Å². The topological polar surface area (TPSA) is 157 Å². The van der Waals surface area contributed by atoms with E-state index < -0.39 is 6.04 Å². The van der Waals surface area contributed by atoms with E-state index in [-0.39, 0.29) is 29.5 Å². The highest BCUT2D eigenvalue weighted by atomic mass is 16.5. The zero-order valence-corrected chi connectivity index (χ0v) is 32.8. The second-order valence-corrected chi connectivity index (χ2v) is 15.1. The minimum atomic E-state index is -0.444. The molecule has 296 valence electrons. The fourth-order valence-corrected chi connectivity index (χ4v) is 7.81. The van der Waals surface area contributed by atoms with Crippen LogP contribution < -0.4 is 10.1 Å². The molecule has 1 unspecified atom stereocenters. The van der Waals surface area contributed by atoms with Gasteiger partial charge in [0.2, 0.25) is 5.91 Å². The number of Topliss-reactive ketones (excluding diaryl/α,β-unsaturated/α-hetero) is 1. The number of aromatic nitrogens is 6. The zero-order chi connectivity index (χ0) is 40.3. The van der Waals surface area contributed by atoms with Crippen LogP contribution in [-0.2, 0) is 22.6 Å². The predicted octanol–water partition coefficient (Wildman–Crippen LogP) is 6.04. The van der Waals surface area contributed by atoms with Crippen molar-refractivity contribution in [1.82, 2.24) is 39.4 Å². The SMILES string of the molecule is CC(=O)CCc1ccc(OCc2cccc(C(=O)N3CCC(N4CCC(n5cc(-c6ccc(NC(=O)c7cnn8c(C)cc(C)nc78)cc6)nn5)C4=O)CC3)c2)cc1. The van der Waals surface area contributed by atoms with Crippen LogP contribution in [0.4, 0.5) is 5.69 Å². The standard InChI is InChI=1S/C44H45N9O5/c1-28-23-29(2)53-41(46-28)38(25-45-53)42(55)47-35-13-11-33(12-14-35)39-26-52(49-48-39)40-19-22-51(44(40)57)36-17-20-50(21-18-36)43(56)34-6-4-5-32(24-34)27-58-37-15-9-31(10-16-37)8-7-30(3)54/h4-6,9-16,23-26,36,40H,7-8,17-22,27H2,1-3H3,(H,47,55). The van der Waals surface area contributed by atoms with Crippen LogP contribution in [0.15, 0.2) is 91.3 Å². The maximum Gasteiger partial charge on any atom is 0.261 e. The first-order valence-corrected chi connectivity index (χ1v) is 19.6. The number of rotatable bonds is 12. The molecule has 8 rings (SSSR count). The molecule has 1 N–H and O–H groups in total. The van der Waals surface area contributed by atoms with Gasteiger partial charge in [-0.1, -0.05) is 41.6 Å². The van der Waals surface area contributed by atoms with Crippen LogP contribution in [0, 0.1) is 13.8 Å². The molecule has 0 radical (unpaired) electrons. The Morgan fingerprint density at radius 3 is 2.43 bits per heavy atom. The van der Waals surface area contributed by atoms with Gasteiger partial charge in [-0.25, -0.2) is 14.2 Å². The van der Waals surface area contributed by atoms with Crippen molar-refractivity contribution in [2.24, 2.45) is 0 Å². The number of ether oxygens (including phenoxy) is 1. The number of nitrogens with zero attached hydrogens (tertiary/aromatic N) is 8. The molecule has 6 aromatic rings. The molecule has 0 saturated carbocycles. The van der Waals surface area contributed by atoms with Gasteiger partial charge >= 0.3 is 0 Å². The molecule has 0 bridgehead atoms. The van der Waals surface area contributed by atoms with Gasteiger partial charge in [-0.05, 0) is 100 Å². The number of benzene rings is 3. The third-order valence-electron chi connectivity index (χ3n) is 11.0. The number of piperidine rings is 1. The Balaban J connectivity index is 0.820. The zero-order valence-electron chi connectivity index (χ0n) is 32.8. The van der Waals surface area contributed by atoms with Gasteiger partial charge in [0.05, 0.1) is 12.4 Å². The maximum absolute atomic E-state index is 13.7. The summed E-state index contributed by atoms with van der Waals surface area (Å²) in [6, 6.07) is 24.1. The summed E-state index contributed by atoms with van der Waals surface area (Å²) in [4.78, 5) is 59.9. The second-order valence-electron chi connectivity index (χ2n) is 15.1. The van der Waals surface area contributed by atoms with E-state index in [0.29, 0.717) is 86.5 Å². The van der Waals surface area contributed by atoms with Gasteiger partial charge in [-0.15, -0.1) is 5.10 Å². The number of anilines is 1. The van der Waals surface area contributed by atoms with Gasteiger partial charge < -0.3 is 24.6 Å². The number of nitrogens with one attached hydrogen (secondary N) is 1. The predicted molar refractivity (Wildman–Crippen MR) is 216 cm³/mol. The first-order chi connectivity index (χ1) is 28.1. The number of likely N-dealkylation sites (tertiary alicyclic amines) is 2. The van der Waals surface area contributed by atoms with Crippen molar-refractivity contribution in [2.45, 2.75) is 71.6 Å². The molecule has 3 aromatic heterocycles. The third kappa shape index (κ3) is 8.22. The minimum absolute atomic E-state index is 0.0188. The number of hydrogen-bond donors (Lipinski definition) is 1. The summed E-state index contributed by atoms with van der Waals surface area (Å²) in [5.41, 5.74) is 7.24. The van der Waals surface area contributed by atoms with E-state index in [1.54, 1.807) is 34.5 Å². The Hall–Kier alpha value is -6.70. The molecule has 2 aliphatic heterocycles. The van der Waals surface area contributed by atoms with Crippen molar-refractivity contribution in [3.05, 3.63) is 125 Å². The van der Waals surface area contributed by atoms with Gasteiger partial charge in [-0.2, -0.15) is 5.10 Å². The Labute approximate surface area is 335 Å². The summed E-state index contributed by atoms with van der Waals surface area (Å²) >= 11 is 0. The second kappa shape index (κ2) is 16.4. The molecule has 2 fully saturated rings. The Morgan fingerprint density at radius 2 is 1.67 bits per heavy atom.